The number of nitrogens with one attached hydrogen (secondary N) is 1. The molecule has 1 aromatic heterocycles. The molecule has 1 amide bonds. The van der Waals surface area contributed by atoms with Gasteiger partial charge in [0.25, 0.3) is 5.91 Å². The van der Waals surface area contributed by atoms with E-state index in [0.29, 0.717) is 18.4 Å². The van der Waals surface area contributed by atoms with E-state index in [4.69, 9.17) is 4.84 Å². The minimum Gasteiger partial charge on any atom is -0.392 e. The van der Waals surface area contributed by atoms with E-state index in [1.54, 1.807) is 12.1 Å². The van der Waals surface area contributed by atoms with E-state index in [9.17, 15) is 23.4 Å². The zero-order valence-corrected chi connectivity index (χ0v) is 20.5. The number of nitrogens with zero attached hydrogens (tertiary/aromatic N) is 3. The summed E-state index contributed by atoms with van der Waals surface area (Å²) in [6, 6.07) is 6.04. The lowest BCUT2D eigenvalue weighted by Crippen LogP contribution is -2.29. The summed E-state index contributed by atoms with van der Waals surface area (Å²) in [5.41, 5.74) is -0.871. The third-order valence-corrected chi connectivity index (χ3v) is 8.37. The first-order valence-electron chi connectivity index (χ1n) is 11.7. The molecule has 35 heavy (non-hydrogen) atoms. The number of aliphatic hydroxyl groups excluding tert-OH is 1. The number of rotatable bonds is 9. The molecule has 1 unspecified atom stereocenters. The van der Waals surface area contributed by atoms with Crippen LogP contribution >= 0.6 is 0 Å². The largest absolute Gasteiger partial charge is 0.392 e. The highest BCUT2D eigenvalue weighted by molar-refractivity contribution is 7.92. The zero-order chi connectivity index (χ0) is 25.2. The third kappa shape index (κ3) is 6.03. The minimum atomic E-state index is -3.35. The van der Waals surface area contributed by atoms with Crippen LogP contribution in [0, 0.1) is 0 Å². The van der Waals surface area contributed by atoms with E-state index in [0.717, 1.165) is 25.7 Å². The van der Waals surface area contributed by atoms with E-state index >= 15 is 0 Å². The van der Waals surface area contributed by atoms with Crippen LogP contribution in [0.3, 0.4) is 0 Å². The van der Waals surface area contributed by atoms with E-state index < -0.39 is 27.4 Å². The zero-order valence-electron chi connectivity index (χ0n) is 19.7. The van der Waals surface area contributed by atoms with Crippen LogP contribution in [0.4, 0.5) is 5.82 Å². The Kier molecular flexibility index (Phi) is 7.20. The molecule has 1 aromatic carbocycles. The molecule has 1 atom stereocenters. The van der Waals surface area contributed by atoms with Crippen molar-refractivity contribution in [3.05, 3.63) is 47.9 Å². The highest BCUT2D eigenvalue weighted by Gasteiger charge is 2.37. The Hall–Kier alpha value is -2.89. The molecule has 2 aliphatic rings. The molecule has 2 saturated carbocycles. The number of oxime groups is 1. The monoisotopic (exact) mass is 502 g/mol. The Morgan fingerprint density at radius 3 is 2.31 bits per heavy atom. The van der Waals surface area contributed by atoms with Crippen LogP contribution in [-0.4, -0.2) is 57.2 Å². The molecule has 0 spiro atoms. The van der Waals surface area contributed by atoms with Crippen molar-refractivity contribution in [1.29, 1.82) is 0 Å². The molecule has 11 heteroatoms. The van der Waals surface area contributed by atoms with Crippen LogP contribution in [-0.2, 0) is 19.5 Å². The molecular formula is C24H30N4O6S. The van der Waals surface area contributed by atoms with E-state index in [1.165, 1.54) is 38.4 Å². The Balaban J connectivity index is 1.54. The Labute approximate surface area is 204 Å². The second-order valence-corrected chi connectivity index (χ2v) is 11.8. The van der Waals surface area contributed by atoms with Gasteiger partial charge in [-0.05, 0) is 64.5 Å². The second kappa shape index (κ2) is 10.00. The minimum absolute atomic E-state index is 0.0188. The van der Waals surface area contributed by atoms with Gasteiger partial charge in [-0.25, -0.2) is 13.4 Å². The van der Waals surface area contributed by atoms with Crippen molar-refractivity contribution in [2.45, 2.75) is 80.3 Å². The summed E-state index contributed by atoms with van der Waals surface area (Å²) in [5, 5.41) is 26.5. The van der Waals surface area contributed by atoms with Crippen molar-refractivity contribution in [3.63, 3.8) is 0 Å². The number of aromatic nitrogens is 2. The van der Waals surface area contributed by atoms with Crippen molar-refractivity contribution in [2.75, 3.05) is 5.32 Å². The maximum absolute atomic E-state index is 13.1. The lowest BCUT2D eigenvalue weighted by Gasteiger charge is -2.23. The Morgan fingerprint density at radius 1 is 1.11 bits per heavy atom. The molecule has 1 heterocycles. The van der Waals surface area contributed by atoms with Gasteiger partial charge in [-0.1, -0.05) is 17.3 Å². The topological polar surface area (TPSA) is 151 Å². The standard InChI is InChI=1S/C24H30N4O6S/c1-24(2,31)22(29)19-13-26-20(14-25-19)27-23(30)21(28-34-16-5-3-4-6-16)15-7-9-17(10-8-15)35(32,33)18-11-12-18/h7-10,13-14,16,18,22,29,31H,3-6,11-12H2,1-2H3,(H,26,27,30)/b28-21+. The number of hydrogen-bond donors (Lipinski definition) is 3. The first-order chi connectivity index (χ1) is 16.6. The fourth-order valence-corrected chi connectivity index (χ4v) is 5.46. The van der Waals surface area contributed by atoms with Gasteiger partial charge in [0, 0.05) is 5.56 Å². The van der Waals surface area contributed by atoms with Crippen LogP contribution in [0.1, 0.15) is 69.7 Å². The Morgan fingerprint density at radius 2 is 1.77 bits per heavy atom. The number of anilines is 1. The van der Waals surface area contributed by atoms with Crippen LogP contribution in [0.25, 0.3) is 0 Å². The van der Waals surface area contributed by atoms with Crippen molar-refractivity contribution in [1.82, 2.24) is 9.97 Å². The number of hydrogen-bond acceptors (Lipinski definition) is 9. The van der Waals surface area contributed by atoms with E-state index in [-0.39, 0.29) is 33.5 Å². The van der Waals surface area contributed by atoms with Gasteiger partial charge in [-0.2, -0.15) is 0 Å². The van der Waals surface area contributed by atoms with E-state index in [1.807, 2.05) is 0 Å². The predicted octanol–water partition coefficient (Wildman–Crippen LogP) is 2.52. The van der Waals surface area contributed by atoms with E-state index in [2.05, 4.69) is 20.4 Å². The fraction of sp³-hybridized carbons (Fsp3) is 0.500. The average Bonchev–Trinajstić information content (AvgIpc) is 3.57. The maximum atomic E-state index is 13.1. The van der Waals surface area contributed by atoms with Crippen molar-refractivity contribution >= 4 is 27.3 Å². The molecule has 0 saturated heterocycles. The van der Waals surface area contributed by atoms with Gasteiger partial charge < -0.3 is 20.4 Å². The average molecular weight is 503 g/mol. The SMILES string of the molecule is CC(C)(O)C(O)c1cnc(NC(=O)/C(=N/OC2CCCC2)c2ccc(S(=O)(=O)C3CC3)cc2)cn1. The van der Waals surface area contributed by atoms with Gasteiger partial charge >= 0.3 is 0 Å². The van der Waals surface area contributed by atoms with Crippen molar-refractivity contribution in [2.24, 2.45) is 5.16 Å². The molecular weight excluding hydrogens is 472 g/mol. The first kappa shape index (κ1) is 25.2. The molecule has 3 N–H and O–H groups in total. The van der Waals surface area contributed by atoms with Gasteiger partial charge in [0.15, 0.2) is 21.4 Å². The van der Waals surface area contributed by atoms with Gasteiger partial charge in [0.1, 0.15) is 12.2 Å². The molecule has 0 bridgehead atoms. The summed E-state index contributed by atoms with van der Waals surface area (Å²) in [5.74, 6) is -0.492. The summed E-state index contributed by atoms with van der Waals surface area (Å²) in [7, 11) is -3.35. The van der Waals surface area contributed by atoms with Crippen LogP contribution < -0.4 is 5.32 Å². The molecule has 4 rings (SSSR count). The summed E-state index contributed by atoms with van der Waals surface area (Å²) in [6.45, 7) is 2.90. The van der Waals surface area contributed by atoms with Gasteiger partial charge in [-0.3, -0.25) is 9.78 Å². The quantitative estimate of drug-likeness (QED) is 0.349. The van der Waals surface area contributed by atoms with Gasteiger partial charge in [0.2, 0.25) is 0 Å². The lowest BCUT2D eigenvalue weighted by molar-refractivity contribution is -0.110. The van der Waals surface area contributed by atoms with Crippen LogP contribution in [0.5, 0.6) is 0 Å². The van der Waals surface area contributed by atoms with Crippen LogP contribution in [0.2, 0.25) is 0 Å². The summed E-state index contributed by atoms with van der Waals surface area (Å²) in [6.07, 6.45) is 6.33. The molecule has 2 aromatic rings. The number of sulfone groups is 1. The van der Waals surface area contributed by atoms with Crippen molar-refractivity contribution < 1.29 is 28.3 Å². The number of carbonyl (C=O) groups excluding carboxylic acids is 1. The molecule has 2 aliphatic carbocycles. The first-order valence-corrected chi connectivity index (χ1v) is 13.2. The van der Waals surface area contributed by atoms with Gasteiger partial charge in [-0.15, -0.1) is 0 Å². The number of aliphatic hydroxyl groups is 2. The fourth-order valence-electron chi connectivity index (χ4n) is 3.80. The molecule has 10 nitrogen and oxygen atoms in total. The smallest absolute Gasteiger partial charge is 0.279 e. The summed E-state index contributed by atoms with van der Waals surface area (Å²) >= 11 is 0. The third-order valence-electron chi connectivity index (χ3n) is 6.09. The molecule has 0 aliphatic heterocycles. The highest BCUT2D eigenvalue weighted by atomic mass is 32.2. The molecule has 0 radical (unpaired) electrons. The molecule has 2 fully saturated rings. The van der Waals surface area contributed by atoms with Crippen LogP contribution in [0.15, 0.2) is 46.7 Å². The number of carbonyl (C=O) groups is 1. The number of benzene rings is 1. The number of amides is 1. The normalized spacial score (nSPS) is 18.3. The Bertz CT molecular complexity index is 1180. The molecule has 188 valence electrons. The summed E-state index contributed by atoms with van der Waals surface area (Å²) in [4.78, 5) is 27.1. The second-order valence-electron chi connectivity index (χ2n) is 9.56. The highest BCUT2D eigenvalue weighted by Crippen LogP contribution is 2.33. The van der Waals surface area contributed by atoms with Crippen molar-refractivity contribution in [3.8, 4) is 0 Å². The van der Waals surface area contributed by atoms with Gasteiger partial charge in [0.05, 0.1) is 33.8 Å². The maximum Gasteiger partial charge on any atom is 0.279 e. The lowest BCUT2D eigenvalue weighted by atomic mass is 10.00. The summed E-state index contributed by atoms with van der Waals surface area (Å²) < 4.78 is 25.0. The predicted molar refractivity (Wildman–Crippen MR) is 128 cm³/mol.